The molecule has 2 bridgehead atoms. The Hall–Kier alpha value is -4.09. The molecule has 54 heavy (non-hydrogen) atoms. The lowest BCUT2D eigenvalue weighted by atomic mass is 9.68. The van der Waals surface area contributed by atoms with Crippen LogP contribution in [-0.2, 0) is 31.0 Å². The molecular weight excluding hydrogens is 728 g/mol. The molecule has 8 rings (SSSR count). The van der Waals surface area contributed by atoms with Gasteiger partial charge in [0.15, 0.2) is 21.3 Å². The van der Waals surface area contributed by atoms with Crippen molar-refractivity contribution in [3.63, 3.8) is 0 Å². The van der Waals surface area contributed by atoms with Gasteiger partial charge in [-0.2, -0.15) is 9.89 Å². The number of rotatable bonds is 3. The predicted octanol–water partition coefficient (Wildman–Crippen LogP) is 6.74. The van der Waals surface area contributed by atoms with Crippen molar-refractivity contribution in [2.45, 2.75) is 75.2 Å². The van der Waals surface area contributed by atoms with Gasteiger partial charge in [0, 0.05) is 41.7 Å². The van der Waals surface area contributed by atoms with Crippen molar-refractivity contribution >= 4 is 39.0 Å². The van der Waals surface area contributed by atoms with E-state index in [1.807, 2.05) is 13.0 Å². The van der Waals surface area contributed by atoms with Gasteiger partial charge >= 0.3 is 17.2 Å². The predicted molar refractivity (Wildman–Crippen MR) is 206 cm³/mol. The highest BCUT2D eigenvalue weighted by Crippen LogP contribution is 2.46. The molecule has 284 valence electrons. The van der Waals surface area contributed by atoms with Gasteiger partial charge in [-0.1, -0.05) is 36.7 Å². The van der Waals surface area contributed by atoms with Crippen molar-refractivity contribution in [3.8, 4) is 11.2 Å². The van der Waals surface area contributed by atoms with Crippen LogP contribution in [0.15, 0.2) is 59.2 Å². The first-order chi connectivity index (χ1) is 26.1. The highest BCUT2D eigenvalue weighted by molar-refractivity contribution is 7.99. The summed E-state index contributed by atoms with van der Waals surface area (Å²) in [4.78, 5) is 38.5. The molecule has 0 radical (unpaired) electrons. The number of ether oxygens (including phenoxy) is 3. The molecule has 2 fully saturated rings. The fraction of sp³-hybridized carbons (Fsp3) is 0.525. The van der Waals surface area contributed by atoms with Gasteiger partial charge in [-0.3, -0.25) is 9.48 Å². The normalized spacial score (nSPS) is 31.6. The van der Waals surface area contributed by atoms with E-state index in [0.29, 0.717) is 62.7 Å². The van der Waals surface area contributed by atoms with Crippen LogP contribution in [0.2, 0.25) is 5.02 Å². The highest BCUT2D eigenvalue weighted by Gasteiger charge is 2.45. The maximum atomic E-state index is 14.8. The number of anilines is 1. The fourth-order valence-electron chi connectivity index (χ4n) is 8.52. The van der Waals surface area contributed by atoms with Crippen molar-refractivity contribution in [3.05, 3.63) is 87.1 Å². The first kappa shape index (κ1) is 36.9. The van der Waals surface area contributed by atoms with Crippen LogP contribution in [0.1, 0.15) is 84.0 Å². The molecule has 1 unspecified atom stereocenters. The van der Waals surface area contributed by atoms with E-state index in [0.717, 1.165) is 37.1 Å². The zero-order valence-electron chi connectivity index (χ0n) is 30.9. The third kappa shape index (κ3) is 6.98. The fourth-order valence-corrected chi connectivity index (χ4v) is 10.4. The van der Waals surface area contributed by atoms with Crippen LogP contribution in [-0.4, -0.2) is 82.2 Å². The number of thiocyanates is 1. The lowest BCUT2D eigenvalue weighted by molar-refractivity contribution is -0.0286. The van der Waals surface area contributed by atoms with Crippen LogP contribution in [0.5, 0.6) is 5.75 Å². The van der Waals surface area contributed by atoms with Crippen molar-refractivity contribution in [1.29, 1.82) is 0 Å². The molecule has 3 aliphatic heterocycles. The van der Waals surface area contributed by atoms with Crippen LogP contribution < -0.4 is 9.64 Å². The SMILES string of the molecule is CO[C@H]1/C=C/C[C@H](C)[C@@H](C)S(=O)(C#[N+]C(=O)c2cnn(C3COC3)c2)=NC(=O)c2ccc3c(n2)N(C[C@@H]2CC[C@H]21)C[C@@]1(CCCc2cc(Cl)ccc21)CO3. The maximum Gasteiger partial charge on any atom is 0.551 e. The van der Waals surface area contributed by atoms with Gasteiger partial charge in [-0.15, -0.1) is 4.36 Å². The summed E-state index contributed by atoms with van der Waals surface area (Å²) in [5.74, 6) is 0.126. The molecule has 5 heterocycles. The number of methoxy groups -OCH3 is 1. The van der Waals surface area contributed by atoms with Crippen LogP contribution in [0.25, 0.3) is 4.85 Å². The molecule has 1 saturated heterocycles. The zero-order chi connectivity index (χ0) is 37.6. The quantitative estimate of drug-likeness (QED) is 0.210. The number of pyridine rings is 1. The van der Waals surface area contributed by atoms with Crippen LogP contribution >= 0.6 is 11.6 Å². The number of aryl methyl sites for hydroxylation is 1. The molecule has 3 aromatic rings. The number of carbonyl (C=O) groups excluding carboxylic acids is 2. The monoisotopic (exact) mass is 773 g/mol. The zero-order valence-corrected chi connectivity index (χ0v) is 32.4. The second-order valence-corrected chi connectivity index (χ2v) is 18.2. The van der Waals surface area contributed by atoms with Gasteiger partial charge in [0.1, 0.15) is 11.3 Å². The number of aromatic nitrogens is 3. The van der Waals surface area contributed by atoms with E-state index in [1.165, 1.54) is 17.3 Å². The van der Waals surface area contributed by atoms with Gasteiger partial charge in [0.2, 0.25) is 0 Å². The Bertz CT molecular complexity index is 2180. The van der Waals surface area contributed by atoms with Crippen LogP contribution in [0.4, 0.5) is 5.82 Å². The Morgan fingerprint density at radius 1 is 1.19 bits per heavy atom. The molecule has 5 aliphatic rings. The smallest absolute Gasteiger partial charge is 0.489 e. The Balaban J connectivity index is 1.20. The third-order valence-electron chi connectivity index (χ3n) is 12.2. The van der Waals surface area contributed by atoms with Crippen molar-refractivity contribution in [2.75, 3.05) is 44.9 Å². The molecule has 7 atom stereocenters. The molecule has 2 aromatic heterocycles. The second-order valence-electron chi connectivity index (χ2n) is 15.5. The molecule has 12 nitrogen and oxygen atoms in total. The summed E-state index contributed by atoms with van der Waals surface area (Å²) in [5, 5.41) is 6.85. The largest absolute Gasteiger partial charge is 0.551 e. The van der Waals surface area contributed by atoms with E-state index in [-0.39, 0.29) is 34.7 Å². The Morgan fingerprint density at radius 2 is 2.04 bits per heavy atom. The summed E-state index contributed by atoms with van der Waals surface area (Å²) < 4.78 is 38.6. The van der Waals surface area contributed by atoms with E-state index in [2.05, 4.69) is 48.9 Å². The average molecular weight is 774 g/mol. The van der Waals surface area contributed by atoms with E-state index in [9.17, 15) is 13.8 Å². The number of allylic oxidation sites excluding steroid dienone is 1. The first-order valence-corrected chi connectivity index (χ1v) is 20.8. The van der Waals surface area contributed by atoms with Crippen molar-refractivity contribution in [1.82, 2.24) is 14.8 Å². The number of hydrogen-bond donors (Lipinski definition) is 0. The first-order valence-electron chi connectivity index (χ1n) is 18.9. The minimum atomic E-state index is -3.65. The van der Waals surface area contributed by atoms with E-state index >= 15 is 0 Å². The molecule has 2 aliphatic carbocycles. The van der Waals surface area contributed by atoms with Gasteiger partial charge in [-0.05, 0) is 98.6 Å². The van der Waals surface area contributed by atoms with Gasteiger partial charge in [0.25, 0.3) is 0 Å². The van der Waals surface area contributed by atoms with Crippen LogP contribution in [0, 0.1) is 23.2 Å². The lowest BCUT2D eigenvalue weighted by Crippen LogP contribution is -2.49. The number of fused-ring (bicyclic) bond motifs is 4. The van der Waals surface area contributed by atoms with Gasteiger partial charge in [0.05, 0.1) is 43.4 Å². The Kier molecular flexibility index (Phi) is 10.1. The average Bonchev–Trinajstić information content (AvgIpc) is 3.55. The Morgan fingerprint density at radius 3 is 2.80 bits per heavy atom. The third-order valence-corrected chi connectivity index (χ3v) is 14.7. The van der Waals surface area contributed by atoms with Crippen LogP contribution in [0.3, 0.4) is 0 Å². The Labute approximate surface area is 321 Å². The number of benzene rings is 1. The molecule has 1 saturated carbocycles. The highest BCUT2D eigenvalue weighted by atomic mass is 35.5. The summed E-state index contributed by atoms with van der Waals surface area (Å²) >= 11 is 6.46. The summed E-state index contributed by atoms with van der Waals surface area (Å²) in [6.07, 6.45) is 12.6. The van der Waals surface area contributed by atoms with Gasteiger partial charge in [-0.25, -0.2) is 9.19 Å². The molecule has 1 spiro atoms. The second kappa shape index (κ2) is 14.9. The molecule has 14 heteroatoms. The minimum Gasteiger partial charge on any atom is -0.489 e. The summed E-state index contributed by atoms with van der Waals surface area (Å²) in [5.41, 5.74) is 2.42. The van der Waals surface area contributed by atoms with E-state index in [4.69, 9.17) is 30.8 Å². The summed E-state index contributed by atoms with van der Waals surface area (Å²) in [7, 11) is -1.90. The summed E-state index contributed by atoms with van der Waals surface area (Å²) in [6, 6.07) is 9.56. The molecule has 0 N–H and O–H groups in total. The number of halogens is 1. The van der Waals surface area contributed by atoms with Crippen molar-refractivity contribution in [2.24, 2.45) is 22.1 Å². The van der Waals surface area contributed by atoms with Gasteiger partial charge < -0.3 is 19.1 Å². The number of amides is 2. The molecule has 1 aromatic carbocycles. The van der Waals surface area contributed by atoms with Crippen molar-refractivity contribution < 1.29 is 28.0 Å². The van der Waals surface area contributed by atoms with E-state index < -0.39 is 26.8 Å². The minimum absolute atomic E-state index is 0.0331. The van der Waals surface area contributed by atoms with E-state index in [1.54, 1.807) is 37.0 Å². The standard InChI is InChI=1S/C40H46ClN6O6S/c1-25-6-4-8-35(51-3)32-11-9-28(32)18-46-22-40(15-5-7-27-16-30(41)10-12-33(27)40)23-53-36-14-13-34(44-37(36)46)39(49)45-54(50,26(25)2)24-42-38(48)29-17-43-47(19-29)31-20-52-21-31/h4,8,10,12-14,16-17,19,25-26,28,31-32,35H,5-7,9,11,15,18,20-23H2,1-3H3/q+1/b8-4+/t25-,26+,28-,32+,35-,40-,54?/m0/s1. The lowest BCUT2D eigenvalue weighted by Gasteiger charge is -2.45. The summed E-state index contributed by atoms with van der Waals surface area (Å²) in [6.45, 7) is 6.54. The number of hydrogen-bond acceptors (Lipinski definition) is 9. The number of carbonyl (C=O) groups is 2. The maximum absolute atomic E-state index is 14.8. The molecule has 2 amide bonds. The topological polar surface area (TPSA) is 130 Å². The molecular formula is C40H46ClN6O6S+. The number of nitrogens with zero attached hydrogens (tertiary/aromatic N) is 6.